The van der Waals surface area contributed by atoms with Crippen LogP contribution in [0, 0.1) is 13.8 Å². The number of alkyl halides is 3. The Hall–Kier alpha value is -3.81. The maximum Gasteiger partial charge on any atom is 0.416 e. The van der Waals surface area contributed by atoms with Crippen LogP contribution in [0.2, 0.25) is 0 Å². The minimum atomic E-state index is -4.64. The molecule has 32 heavy (non-hydrogen) atoms. The molecule has 1 aromatic heterocycles. The van der Waals surface area contributed by atoms with Crippen LogP contribution in [0.15, 0.2) is 70.9 Å². The van der Waals surface area contributed by atoms with Gasteiger partial charge in [-0.05, 0) is 55.8 Å². The molecule has 5 nitrogen and oxygen atoms in total. The highest BCUT2D eigenvalue weighted by Crippen LogP contribution is 2.43. The first-order valence-electron chi connectivity index (χ1n) is 9.69. The highest BCUT2D eigenvalue weighted by atomic mass is 19.4. The van der Waals surface area contributed by atoms with Gasteiger partial charge in [-0.1, -0.05) is 23.8 Å². The number of aliphatic hydroxyl groups is 1. The summed E-state index contributed by atoms with van der Waals surface area (Å²) in [6.07, 6.45) is -3.32. The van der Waals surface area contributed by atoms with Gasteiger partial charge in [0, 0.05) is 11.3 Å². The van der Waals surface area contributed by atoms with Crippen LogP contribution in [0.1, 0.15) is 34.1 Å². The number of ketones is 1. The summed E-state index contributed by atoms with van der Waals surface area (Å²) >= 11 is 0. The van der Waals surface area contributed by atoms with Gasteiger partial charge in [-0.25, -0.2) is 0 Å². The highest BCUT2D eigenvalue weighted by molar-refractivity contribution is 6.51. The molecule has 4 rings (SSSR count). The molecule has 1 aliphatic heterocycles. The smallest absolute Gasteiger partial charge is 0.416 e. The van der Waals surface area contributed by atoms with Gasteiger partial charge >= 0.3 is 6.18 Å². The highest BCUT2D eigenvalue weighted by Gasteiger charge is 2.48. The fraction of sp³-hybridized carbons (Fsp3) is 0.167. The number of carbonyl (C=O) groups is 2. The Labute approximate surface area is 181 Å². The number of aryl methyl sites for hydroxylation is 2. The average Bonchev–Trinajstić information content (AvgIpc) is 3.36. The first-order chi connectivity index (χ1) is 15.1. The number of aliphatic hydroxyl groups excluding tert-OH is 1. The first-order valence-corrected chi connectivity index (χ1v) is 9.69. The molecule has 0 bridgehead atoms. The number of rotatable bonds is 3. The summed E-state index contributed by atoms with van der Waals surface area (Å²) in [5.41, 5.74) is 0.475. The first kappa shape index (κ1) is 21.4. The molecule has 0 saturated carbocycles. The molecule has 1 aliphatic rings. The van der Waals surface area contributed by atoms with E-state index in [-0.39, 0.29) is 17.0 Å². The summed E-state index contributed by atoms with van der Waals surface area (Å²) in [5.74, 6) is -2.35. The summed E-state index contributed by atoms with van der Waals surface area (Å²) in [4.78, 5) is 26.9. The van der Waals surface area contributed by atoms with E-state index in [0.717, 1.165) is 28.7 Å². The lowest BCUT2D eigenvalue weighted by molar-refractivity contribution is -0.137. The molecule has 2 aromatic carbocycles. The third-order valence-corrected chi connectivity index (χ3v) is 5.36. The van der Waals surface area contributed by atoms with Crippen molar-refractivity contribution in [2.45, 2.75) is 26.1 Å². The number of anilines is 1. The van der Waals surface area contributed by atoms with Crippen LogP contribution >= 0.6 is 0 Å². The second-order valence-electron chi connectivity index (χ2n) is 7.55. The lowest BCUT2D eigenvalue weighted by atomic mass is 9.96. The van der Waals surface area contributed by atoms with Crippen LogP contribution in [0.4, 0.5) is 18.9 Å². The van der Waals surface area contributed by atoms with Crippen LogP contribution < -0.4 is 4.90 Å². The number of hydrogen-bond donors (Lipinski definition) is 1. The molecule has 1 amide bonds. The zero-order valence-electron chi connectivity index (χ0n) is 17.1. The van der Waals surface area contributed by atoms with Crippen molar-refractivity contribution in [2.24, 2.45) is 0 Å². The molecule has 0 spiro atoms. The van der Waals surface area contributed by atoms with Crippen molar-refractivity contribution < 1.29 is 32.3 Å². The molecule has 1 saturated heterocycles. The number of amides is 1. The van der Waals surface area contributed by atoms with Gasteiger partial charge in [-0.2, -0.15) is 13.2 Å². The topological polar surface area (TPSA) is 70.8 Å². The molecule has 0 aliphatic carbocycles. The summed E-state index contributed by atoms with van der Waals surface area (Å²) < 4.78 is 45.2. The molecule has 1 fully saturated rings. The van der Waals surface area contributed by atoms with Gasteiger partial charge in [0.05, 0.1) is 17.4 Å². The van der Waals surface area contributed by atoms with Crippen molar-refractivity contribution in [3.63, 3.8) is 0 Å². The van der Waals surface area contributed by atoms with Gasteiger partial charge in [0.15, 0.2) is 0 Å². The van der Waals surface area contributed by atoms with E-state index in [1.54, 1.807) is 19.1 Å². The van der Waals surface area contributed by atoms with E-state index in [2.05, 4.69) is 0 Å². The second-order valence-corrected chi connectivity index (χ2v) is 7.55. The molecule has 3 aromatic rings. The molecule has 1 atom stereocenters. The monoisotopic (exact) mass is 441 g/mol. The minimum Gasteiger partial charge on any atom is -0.507 e. The van der Waals surface area contributed by atoms with Crippen LogP contribution in [-0.2, 0) is 15.8 Å². The van der Waals surface area contributed by atoms with E-state index in [0.29, 0.717) is 11.1 Å². The van der Waals surface area contributed by atoms with Gasteiger partial charge in [0.25, 0.3) is 11.7 Å². The lowest BCUT2D eigenvalue weighted by Crippen LogP contribution is -2.29. The fourth-order valence-corrected chi connectivity index (χ4v) is 3.78. The molecule has 1 N–H and O–H groups in total. The maximum atomic E-state index is 13.3. The Morgan fingerprint density at radius 3 is 2.44 bits per heavy atom. The van der Waals surface area contributed by atoms with Gasteiger partial charge in [0.2, 0.25) is 0 Å². The third kappa shape index (κ3) is 3.57. The van der Waals surface area contributed by atoms with Crippen molar-refractivity contribution in [1.82, 2.24) is 0 Å². The Bertz CT molecular complexity index is 1240. The standard InChI is InChI=1S/C24H18F3NO4/c1-13-8-9-14(2)17(11-13)21(29)19-20(18-7-4-10-32-18)28(23(31)22(19)30)16-6-3-5-15(12-16)24(25,26)27/h3-12,20,29H,1-2H3/b21-19-. The van der Waals surface area contributed by atoms with Crippen LogP contribution in [0.5, 0.6) is 0 Å². The second kappa shape index (κ2) is 7.71. The summed E-state index contributed by atoms with van der Waals surface area (Å²) in [6, 6.07) is 11.2. The number of halogens is 3. The molecule has 0 radical (unpaired) electrons. The largest absolute Gasteiger partial charge is 0.507 e. The maximum absolute atomic E-state index is 13.3. The number of furan rings is 1. The lowest BCUT2D eigenvalue weighted by Gasteiger charge is -2.24. The Morgan fingerprint density at radius 2 is 1.78 bits per heavy atom. The van der Waals surface area contributed by atoms with Crippen LogP contribution in [-0.4, -0.2) is 16.8 Å². The van der Waals surface area contributed by atoms with Gasteiger partial charge in [0.1, 0.15) is 17.6 Å². The SMILES string of the molecule is Cc1ccc(C)c(/C(O)=C2/C(=O)C(=O)N(c3cccc(C(F)(F)F)c3)C2c2ccco2)c1. The molecule has 164 valence electrons. The van der Waals surface area contributed by atoms with Gasteiger partial charge in [-0.15, -0.1) is 0 Å². The van der Waals surface area contributed by atoms with E-state index in [1.807, 2.05) is 13.0 Å². The number of hydrogen-bond acceptors (Lipinski definition) is 4. The van der Waals surface area contributed by atoms with E-state index >= 15 is 0 Å². The fourth-order valence-electron chi connectivity index (χ4n) is 3.78. The molecular formula is C24H18F3NO4. The summed E-state index contributed by atoms with van der Waals surface area (Å²) in [5, 5.41) is 11.1. The predicted octanol–water partition coefficient (Wildman–Crippen LogP) is 5.54. The normalized spacial score (nSPS) is 18.4. The Balaban J connectivity index is 1.95. The zero-order valence-corrected chi connectivity index (χ0v) is 17.1. The van der Waals surface area contributed by atoms with Gasteiger partial charge in [-0.3, -0.25) is 14.5 Å². The third-order valence-electron chi connectivity index (χ3n) is 5.36. The number of nitrogens with zero attached hydrogens (tertiary/aromatic N) is 1. The van der Waals surface area contributed by atoms with E-state index in [4.69, 9.17) is 4.42 Å². The predicted molar refractivity (Wildman–Crippen MR) is 111 cm³/mol. The van der Waals surface area contributed by atoms with E-state index in [1.165, 1.54) is 24.5 Å². The Morgan fingerprint density at radius 1 is 1.03 bits per heavy atom. The number of carbonyl (C=O) groups excluding carboxylic acids is 2. The molecule has 8 heteroatoms. The summed E-state index contributed by atoms with van der Waals surface area (Å²) in [6.45, 7) is 3.54. The van der Waals surface area contributed by atoms with Crippen molar-refractivity contribution in [1.29, 1.82) is 0 Å². The van der Waals surface area contributed by atoms with Crippen LogP contribution in [0.3, 0.4) is 0 Å². The van der Waals surface area contributed by atoms with Crippen LogP contribution in [0.25, 0.3) is 5.76 Å². The van der Waals surface area contributed by atoms with E-state index < -0.39 is 35.2 Å². The molecule has 1 unspecified atom stereocenters. The van der Waals surface area contributed by atoms with Crippen molar-refractivity contribution in [2.75, 3.05) is 4.90 Å². The number of benzene rings is 2. The number of Topliss-reactive ketones (excluding diaryl/α,β-unsaturated/α-hetero) is 1. The van der Waals surface area contributed by atoms with Crippen molar-refractivity contribution in [3.8, 4) is 0 Å². The quantitative estimate of drug-likeness (QED) is 0.329. The van der Waals surface area contributed by atoms with E-state index in [9.17, 15) is 27.9 Å². The molecule has 2 heterocycles. The zero-order chi connectivity index (χ0) is 23.2. The minimum absolute atomic E-state index is 0.133. The average molecular weight is 441 g/mol. The Kier molecular flexibility index (Phi) is 5.16. The van der Waals surface area contributed by atoms with Crippen molar-refractivity contribution >= 4 is 23.1 Å². The summed E-state index contributed by atoms with van der Waals surface area (Å²) in [7, 11) is 0. The van der Waals surface area contributed by atoms with Gasteiger partial charge < -0.3 is 9.52 Å². The molecular weight excluding hydrogens is 423 g/mol. The van der Waals surface area contributed by atoms with Crippen molar-refractivity contribution in [3.05, 3.63) is 94.4 Å².